The van der Waals surface area contributed by atoms with Gasteiger partial charge < -0.3 is 14.8 Å². The molecule has 0 aliphatic carbocycles. The highest BCUT2D eigenvalue weighted by Crippen LogP contribution is 2.31. The van der Waals surface area contributed by atoms with E-state index in [0.717, 1.165) is 10.5 Å². The lowest BCUT2D eigenvalue weighted by molar-refractivity contribution is 0.0924. The highest BCUT2D eigenvalue weighted by Gasteiger charge is 2.38. The minimum Gasteiger partial charge on any atom is -0.497 e. The average molecular weight is 417 g/mol. The van der Waals surface area contributed by atoms with Crippen molar-refractivity contribution in [3.8, 4) is 11.5 Å². The number of nitrogens with zero attached hydrogens (tertiary/aromatic N) is 2. The number of aromatic nitrogens is 1. The number of pyridine rings is 1. The Morgan fingerprint density at radius 2 is 1.71 bits per heavy atom. The Labute approximate surface area is 178 Å². The third-order valence-electron chi connectivity index (χ3n) is 4.93. The molecule has 1 aliphatic heterocycles. The molecule has 8 nitrogen and oxygen atoms in total. The fourth-order valence-corrected chi connectivity index (χ4v) is 3.34. The number of hydrogen-bond acceptors (Lipinski definition) is 6. The molecule has 0 saturated heterocycles. The van der Waals surface area contributed by atoms with Crippen LogP contribution < -0.4 is 19.7 Å². The van der Waals surface area contributed by atoms with Gasteiger partial charge in [-0.2, -0.15) is 0 Å². The number of anilines is 2. The zero-order valence-electron chi connectivity index (χ0n) is 17.1. The van der Waals surface area contributed by atoms with Crippen LogP contribution in [0.15, 0.2) is 54.7 Å². The van der Waals surface area contributed by atoms with Crippen LogP contribution >= 0.6 is 0 Å². The van der Waals surface area contributed by atoms with Crippen molar-refractivity contribution in [1.29, 1.82) is 0 Å². The molecular formula is C23H19N3O5. The normalized spacial score (nSPS) is 12.5. The van der Waals surface area contributed by atoms with Gasteiger partial charge >= 0.3 is 0 Å². The van der Waals surface area contributed by atoms with Crippen LogP contribution in [0.4, 0.5) is 11.5 Å². The molecule has 3 amide bonds. The molecular weight excluding hydrogens is 398 g/mol. The van der Waals surface area contributed by atoms with Crippen LogP contribution in [0.3, 0.4) is 0 Å². The van der Waals surface area contributed by atoms with Crippen LogP contribution in [0, 0.1) is 6.92 Å². The molecule has 2 heterocycles. The molecule has 31 heavy (non-hydrogen) atoms. The summed E-state index contributed by atoms with van der Waals surface area (Å²) in [5, 5.41) is 2.75. The van der Waals surface area contributed by atoms with E-state index in [9.17, 15) is 14.4 Å². The highest BCUT2D eigenvalue weighted by molar-refractivity contribution is 6.34. The van der Waals surface area contributed by atoms with E-state index in [-0.39, 0.29) is 22.5 Å². The summed E-state index contributed by atoms with van der Waals surface area (Å²) in [6, 6.07) is 12.8. The van der Waals surface area contributed by atoms with E-state index in [1.54, 1.807) is 30.3 Å². The summed E-state index contributed by atoms with van der Waals surface area (Å²) < 4.78 is 10.5. The Morgan fingerprint density at radius 3 is 2.42 bits per heavy atom. The van der Waals surface area contributed by atoms with Gasteiger partial charge in [-0.05, 0) is 55.0 Å². The van der Waals surface area contributed by atoms with Crippen molar-refractivity contribution in [2.24, 2.45) is 0 Å². The summed E-state index contributed by atoms with van der Waals surface area (Å²) in [7, 11) is 3.01. The molecule has 8 heteroatoms. The SMILES string of the molecule is COc1ccc(OC)c(NC(=O)c2ccc3c(c2)C(=O)N(c2cc(C)ccn2)C3=O)c1. The van der Waals surface area contributed by atoms with Crippen molar-refractivity contribution in [1.82, 2.24) is 4.98 Å². The number of amides is 3. The monoisotopic (exact) mass is 417 g/mol. The van der Waals surface area contributed by atoms with E-state index in [1.807, 2.05) is 6.92 Å². The van der Waals surface area contributed by atoms with E-state index >= 15 is 0 Å². The predicted octanol–water partition coefficient (Wildman–Crippen LogP) is 3.46. The molecule has 1 aliphatic rings. The number of carbonyl (C=O) groups excluding carboxylic acids is 3. The summed E-state index contributed by atoms with van der Waals surface area (Å²) >= 11 is 0. The molecule has 0 saturated carbocycles. The maximum absolute atomic E-state index is 12.9. The number of nitrogens with one attached hydrogen (secondary N) is 1. The fourth-order valence-electron chi connectivity index (χ4n) is 3.34. The van der Waals surface area contributed by atoms with Crippen LogP contribution in [0.2, 0.25) is 0 Å². The Balaban J connectivity index is 1.64. The largest absolute Gasteiger partial charge is 0.497 e. The van der Waals surface area contributed by atoms with Gasteiger partial charge in [0.15, 0.2) is 0 Å². The topological polar surface area (TPSA) is 97.8 Å². The first-order valence-corrected chi connectivity index (χ1v) is 9.42. The molecule has 2 aromatic carbocycles. The van der Waals surface area contributed by atoms with Crippen molar-refractivity contribution >= 4 is 29.2 Å². The standard InChI is InChI=1S/C23H19N3O5/c1-13-8-9-24-20(10-13)26-22(28)16-6-4-14(11-17(16)23(26)29)21(27)25-18-12-15(30-2)5-7-19(18)31-3/h4-12H,1-3H3,(H,25,27). The molecule has 0 unspecified atom stereocenters. The van der Waals surface area contributed by atoms with Crippen LogP contribution in [-0.4, -0.2) is 36.9 Å². The van der Waals surface area contributed by atoms with Crippen LogP contribution in [0.1, 0.15) is 36.6 Å². The lowest BCUT2D eigenvalue weighted by atomic mass is 10.1. The van der Waals surface area contributed by atoms with Crippen molar-refractivity contribution in [3.63, 3.8) is 0 Å². The molecule has 0 spiro atoms. The van der Waals surface area contributed by atoms with Gasteiger partial charge in [-0.1, -0.05) is 0 Å². The van der Waals surface area contributed by atoms with Gasteiger partial charge in [-0.15, -0.1) is 0 Å². The van der Waals surface area contributed by atoms with Crippen molar-refractivity contribution in [2.75, 3.05) is 24.4 Å². The number of methoxy groups -OCH3 is 2. The molecule has 1 aromatic heterocycles. The van der Waals surface area contributed by atoms with Crippen LogP contribution in [0.25, 0.3) is 0 Å². The van der Waals surface area contributed by atoms with Gasteiger partial charge in [0.25, 0.3) is 17.7 Å². The summed E-state index contributed by atoms with van der Waals surface area (Å²) in [6.07, 6.45) is 1.54. The number of benzene rings is 2. The van der Waals surface area contributed by atoms with E-state index in [4.69, 9.17) is 9.47 Å². The van der Waals surface area contributed by atoms with Crippen molar-refractivity contribution in [3.05, 3.63) is 77.0 Å². The van der Waals surface area contributed by atoms with Gasteiger partial charge in [0, 0.05) is 17.8 Å². The second kappa shape index (κ2) is 7.91. The van der Waals surface area contributed by atoms with E-state index in [0.29, 0.717) is 17.2 Å². The number of ether oxygens (including phenoxy) is 2. The molecule has 0 fully saturated rings. The second-order valence-electron chi connectivity index (χ2n) is 6.92. The molecule has 0 bridgehead atoms. The first kappa shape index (κ1) is 20.1. The number of carbonyl (C=O) groups is 3. The van der Waals surface area contributed by atoms with Crippen LogP contribution in [0.5, 0.6) is 11.5 Å². The van der Waals surface area contributed by atoms with Crippen molar-refractivity contribution < 1.29 is 23.9 Å². The van der Waals surface area contributed by atoms with Gasteiger partial charge in [-0.3, -0.25) is 14.4 Å². The summed E-state index contributed by atoms with van der Waals surface area (Å²) in [6.45, 7) is 1.85. The molecule has 1 N–H and O–H groups in total. The molecule has 156 valence electrons. The Morgan fingerprint density at radius 1 is 0.935 bits per heavy atom. The van der Waals surface area contributed by atoms with E-state index < -0.39 is 17.7 Å². The number of rotatable bonds is 5. The zero-order chi connectivity index (χ0) is 22.1. The first-order valence-electron chi connectivity index (χ1n) is 9.42. The highest BCUT2D eigenvalue weighted by atomic mass is 16.5. The maximum Gasteiger partial charge on any atom is 0.267 e. The third-order valence-corrected chi connectivity index (χ3v) is 4.93. The number of fused-ring (bicyclic) bond motifs is 1. The Kier molecular flexibility index (Phi) is 5.12. The van der Waals surface area contributed by atoms with E-state index in [1.165, 1.54) is 38.6 Å². The van der Waals surface area contributed by atoms with Gasteiger partial charge in [0.1, 0.15) is 17.3 Å². The van der Waals surface area contributed by atoms with Gasteiger partial charge in [0.2, 0.25) is 0 Å². The molecule has 0 atom stereocenters. The lowest BCUT2D eigenvalue weighted by Gasteiger charge is -2.12. The van der Waals surface area contributed by atoms with Gasteiger partial charge in [-0.25, -0.2) is 9.88 Å². The Bertz CT molecular complexity index is 1220. The molecule has 0 radical (unpaired) electrons. The Hall–Kier alpha value is -4.20. The number of imide groups is 1. The molecule has 4 rings (SSSR count). The minimum absolute atomic E-state index is 0.151. The van der Waals surface area contributed by atoms with Gasteiger partial charge in [0.05, 0.1) is 31.0 Å². The fraction of sp³-hybridized carbons (Fsp3) is 0.130. The smallest absolute Gasteiger partial charge is 0.267 e. The predicted molar refractivity (Wildman–Crippen MR) is 114 cm³/mol. The van der Waals surface area contributed by atoms with Crippen LogP contribution in [-0.2, 0) is 0 Å². The second-order valence-corrected chi connectivity index (χ2v) is 6.92. The number of hydrogen-bond donors (Lipinski definition) is 1. The average Bonchev–Trinajstić information content (AvgIpc) is 3.03. The van der Waals surface area contributed by atoms with Crippen molar-refractivity contribution in [2.45, 2.75) is 6.92 Å². The maximum atomic E-state index is 12.9. The quantitative estimate of drug-likeness (QED) is 0.639. The third kappa shape index (κ3) is 3.59. The summed E-state index contributed by atoms with van der Waals surface area (Å²) in [5.74, 6) is -0.198. The lowest BCUT2D eigenvalue weighted by Crippen LogP contribution is -2.30. The minimum atomic E-state index is -0.522. The van der Waals surface area contributed by atoms with E-state index in [2.05, 4.69) is 10.3 Å². The first-order chi connectivity index (χ1) is 14.9. The summed E-state index contributed by atoms with van der Waals surface area (Å²) in [4.78, 5) is 43.7. The molecule has 3 aromatic rings. The zero-order valence-corrected chi connectivity index (χ0v) is 17.1. The summed E-state index contributed by atoms with van der Waals surface area (Å²) in [5.41, 5.74) is 1.89. The number of aryl methyl sites for hydroxylation is 1.